The molecular formula is C8H11NO3S. The van der Waals surface area contributed by atoms with Crippen LogP contribution in [0.4, 0.5) is 0 Å². The molecule has 0 aliphatic carbocycles. The lowest BCUT2D eigenvalue weighted by molar-refractivity contribution is -0.136. The Morgan fingerprint density at radius 1 is 1.62 bits per heavy atom. The number of oxazole rings is 1. The van der Waals surface area contributed by atoms with Crippen molar-refractivity contribution in [3.63, 3.8) is 0 Å². The van der Waals surface area contributed by atoms with E-state index in [0.717, 1.165) is 23.2 Å². The first-order valence-corrected chi connectivity index (χ1v) is 4.72. The zero-order valence-electron chi connectivity index (χ0n) is 7.70. The molecule has 0 amide bonds. The Kier molecular flexibility index (Phi) is 2.98. The number of rotatable bonds is 3. The minimum atomic E-state index is -0.862. The quantitative estimate of drug-likeness (QED) is 0.756. The average molecular weight is 201 g/mol. The van der Waals surface area contributed by atoms with Crippen LogP contribution >= 0.6 is 11.8 Å². The van der Waals surface area contributed by atoms with Crippen molar-refractivity contribution in [1.29, 1.82) is 0 Å². The molecule has 0 aromatic carbocycles. The van der Waals surface area contributed by atoms with Gasteiger partial charge >= 0.3 is 5.97 Å². The molecule has 0 spiro atoms. The third kappa shape index (κ3) is 2.48. The fraction of sp³-hybridized carbons (Fsp3) is 0.500. The Balaban J connectivity index is 2.69. The lowest BCUT2D eigenvalue weighted by Gasteiger charge is -1.99. The molecule has 0 aliphatic heterocycles. The van der Waals surface area contributed by atoms with Gasteiger partial charge in [0.1, 0.15) is 11.0 Å². The first kappa shape index (κ1) is 10.1. The molecule has 72 valence electrons. The number of carboxylic acids is 1. The van der Waals surface area contributed by atoms with E-state index in [2.05, 4.69) is 4.98 Å². The van der Waals surface area contributed by atoms with Gasteiger partial charge < -0.3 is 9.52 Å². The smallest absolute Gasteiger partial charge is 0.316 e. The molecule has 13 heavy (non-hydrogen) atoms. The molecule has 0 saturated carbocycles. The maximum Gasteiger partial charge on any atom is 0.316 e. The summed E-state index contributed by atoms with van der Waals surface area (Å²) in [6.45, 7) is 5.23. The molecule has 1 N–H and O–H groups in total. The van der Waals surface area contributed by atoms with Gasteiger partial charge in [-0.1, -0.05) is 11.8 Å². The molecular weight excluding hydrogens is 190 g/mol. The van der Waals surface area contributed by atoms with Crippen LogP contribution in [0.3, 0.4) is 0 Å². The highest BCUT2D eigenvalue weighted by atomic mass is 32.2. The van der Waals surface area contributed by atoms with Crippen molar-refractivity contribution in [3.05, 3.63) is 11.5 Å². The lowest BCUT2D eigenvalue weighted by Crippen LogP contribution is -2.10. The van der Waals surface area contributed by atoms with E-state index in [1.807, 2.05) is 6.92 Å². The van der Waals surface area contributed by atoms with Crippen molar-refractivity contribution in [1.82, 2.24) is 4.98 Å². The molecule has 0 saturated heterocycles. The third-order valence-electron chi connectivity index (χ3n) is 1.63. The molecule has 5 heteroatoms. The highest BCUT2D eigenvalue weighted by molar-refractivity contribution is 8.00. The number of carboxylic acid groups (broad SMARTS) is 1. The van der Waals surface area contributed by atoms with Crippen molar-refractivity contribution >= 4 is 17.7 Å². The average Bonchev–Trinajstić information content (AvgIpc) is 2.31. The van der Waals surface area contributed by atoms with Crippen molar-refractivity contribution in [2.75, 3.05) is 0 Å². The third-order valence-corrected chi connectivity index (χ3v) is 2.57. The van der Waals surface area contributed by atoms with E-state index in [9.17, 15) is 4.79 Å². The van der Waals surface area contributed by atoms with Crippen LogP contribution in [-0.2, 0) is 4.79 Å². The van der Waals surface area contributed by atoms with Crippen LogP contribution in [0.2, 0.25) is 0 Å². The highest BCUT2D eigenvalue weighted by Gasteiger charge is 2.16. The van der Waals surface area contributed by atoms with Crippen LogP contribution in [0.1, 0.15) is 18.4 Å². The van der Waals surface area contributed by atoms with Crippen LogP contribution in [0.15, 0.2) is 9.64 Å². The Morgan fingerprint density at radius 2 is 2.23 bits per heavy atom. The standard InChI is InChI=1S/C8H11NO3S/c1-4-5(2)12-8(9-4)13-6(3)7(10)11/h6H,1-3H3,(H,10,11). The Labute approximate surface area is 80.3 Å². The second-order valence-electron chi connectivity index (χ2n) is 2.72. The van der Waals surface area contributed by atoms with Gasteiger partial charge in [0.2, 0.25) is 0 Å². The number of thioether (sulfide) groups is 1. The summed E-state index contributed by atoms with van der Waals surface area (Å²) in [6.07, 6.45) is 0. The van der Waals surface area contributed by atoms with Gasteiger partial charge in [0, 0.05) is 0 Å². The first-order chi connectivity index (χ1) is 6.00. The van der Waals surface area contributed by atoms with E-state index < -0.39 is 11.2 Å². The summed E-state index contributed by atoms with van der Waals surface area (Å²) < 4.78 is 5.22. The Bertz CT molecular complexity index is 302. The zero-order chi connectivity index (χ0) is 10.0. The molecule has 1 rings (SSSR count). The van der Waals surface area contributed by atoms with Crippen molar-refractivity contribution < 1.29 is 14.3 Å². The summed E-state index contributed by atoms with van der Waals surface area (Å²) >= 11 is 1.11. The van der Waals surface area contributed by atoms with Crippen LogP contribution in [0.25, 0.3) is 0 Å². The minimum Gasteiger partial charge on any atom is -0.480 e. The predicted molar refractivity (Wildman–Crippen MR) is 48.9 cm³/mol. The normalized spacial score (nSPS) is 12.8. The monoisotopic (exact) mass is 201 g/mol. The van der Waals surface area contributed by atoms with E-state index >= 15 is 0 Å². The Hall–Kier alpha value is -0.970. The van der Waals surface area contributed by atoms with Gasteiger partial charge in [0.05, 0.1) is 5.69 Å². The number of aryl methyl sites for hydroxylation is 2. The maximum atomic E-state index is 10.5. The number of carbonyl (C=O) groups is 1. The van der Waals surface area contributed by atoms with Crippen molar-refractivity contribution in [2.45, 2.75) is 31.2 Å². The Morgan fingerprint density at radius 3 is 2.62 bits per heavy atom. The van der Waals surface area contributed by atoms with E-state index in [1.54, 1.807) is 13.8 Å². The van der Waals surface area contributed by atoms with Crippen molar-refractivity contribution in [2.24, 2.45) is 0 Å². The number of nitrogens with zero attached hydrogens (tertiary/aromatic N) is 1. The molecule has 1 aromatic rings. The van der Waals surface area contributed by atoms with Crippen LogP contribution in [0, 0.1) is 13.8 Å². The molecule has 1 atom stereocenters. The number of hydrogen-bond donors (Lipinski definition) is 1. The molecule has 0 radical (unpaired) electrons. The first-order valence-electron chi connectivity index (χ1n) is 3.84. The molecule has 0 fully saturated rings. The molecule has 0 aliphatic rings. The molecule has 0 bridgehead atoms. The molecule has 1 heterocycles. The number of hydrogen-bond acceptors (Lipinski definition) is 4. The molecule has 1 aromatic heterocycles. The summed E-state index contributed by atoms with van der Waals surface area (Å²) in [7, 11) is 0. The number of aliphatic carboxylic acids is 1. The van der Waals surface area contributed by atoms with Gasteiger partial charge in [-0.3, -0.25) is 4.79 Å². The summed E-state index contributed by atoms with van der Waals surface area (Å²) in [5.74, 6) is -0.126. The van der Waals surface area contributed by atoms with E-state index in [0.29, 0.717) is 5.22 Å². The van der Waals surface area contributed by atoms with Crippen LogP contribution in [-0.4, -0.2) is 21.3 Å². The second-order valence-corrected chi connectivity index (χ2v) is 4.01. The fourth-order valence-corrected chi connectivity index (χ4v) is 1.46. The van der Waals surface area contributed by atoms with E-state index in [-0.39, 0.29) is 0 Å². The highest BCUT2D eigenvalue weighted by Crippen LogP contribution is 2.24. The molecule has 4 nitrogen and oxygen atoms in total. The van der Waals surface area contributed by atoms with Gasteiger partial charge in [0.15, 0.2) is 0 Å². The number of aromatic nitrogens is 1. The van der Waals surface area contributed by atoms with E-state index in [4.69, 9.17) is 9.52 Å². The molecule has 1 unspecified atom stereocenters. The maximum absolute atomic E-state index is 10.5. The second kappa shape index (κ2) is 3.83. The van der Waals surface area contributed by atoms with Crippen molar-refractivity contribution in [3.8, 4) is 0 Å². The topological polar surface area (TPSA) is 63.3 Å². The lowest BCUT2D eigenvalue weighted by atomic mass is 10.4. The SMILES string of the molecule is Cc1nc(SC(C)C(=O)O)oc1C. The van der Waals surface area contributed by atoms with Gasteiger partial charge in [-0.25, -0.2) is 4.98 Å². The van der Waals surface area contributed by atoms with Crippen LogP contribution < -0.4 is 0 Å². The van der Waals surface area contributed by atoms with Gasteiger partial charge in [-0.2, -0.15) is 0 Å². The fourth-order valence-electron chi connectivity index (χ4n) is 0.695. The summed E-state index contributed by atoms with van der Waals surface area (Å²) in [5, 5.41) is 8.52. The largest absolute Gasteiger partial charge is 0.480 e. The van der Waals surface area contributed by atoms with Gasteiger partial charge in [0.25, 0.3) is 5.22 Å². The summed E-state index contributed by atoms with van der Waals surface area (Å²) in [5.41, 5.74) is 0.806. The zero-order valence-corrected chi connectivity index (χ0v) is 8.51. The summed E-state index contributed by atoms with van der Waals surface area (Å²) in [4.78, 5) is 14.6. The van der Waals surface area contributed by atoms with Gasteiger partial charge in [-0.05, 0) is 20.8 Å². The van der Waals surface area contributed by atoms with Crippen LogP contribution in [0.5, 0.6) is 0 Å². The van der Waals surface area contributed by atoms with E-state index in [1.165, 1.54) is 0 Å². The summed E-state index contributed by atoms with van der Waals surface area (Å²) in [6, 6.07) is 0. The van der Waals surface area contributed by atoms with Gasteiger partial charge in [-0.15, -0.1) is 0 Å². The predicted octanol–water partition coefficient (Wildman–Crippen LogP) is 1.86. The minimum absolute atomic E-state index is 0.421.